The van der Waals surface area contributed by atoms with Crippen LogP contribution in [0, 0.1) is 10.1 Å². The quantitative estimate of drug-likeness (QED) is 0.290. The fraction of sp³-hybridized carbons (Fsp3) is 0.235. The first-order chi connectivity index (χ1) is 13.4. The third-order valence-corrected chi connectivity index (χ3v) is 3.53. The van der Waals surface area contributed by atoms with Gasteiger partial charge < -0.3 is 14.2 Å². The van der Waals surface area contributed by atoms with Crippen molar-refractivity contribution in [3.8, 4) is 11.5 Å². The molecule has 28 heavy (non-hydrogen) atoms. The molecule has 0 aliphatic carbocycles. The number of rotatable bonds is 9. The fourth-order valence-corrected chi connectivity index (χ4v) is 2.26. The van der Waals surface area contributed by atoms with Gasteiger partial charge in [-0.25, -0.2) is 9.78 Å². The molecule has 10 nitrogen and oxygen atoms in total. The number of halogens is 1. The van der Waals surface area contributed by atoms with Crippen LogP contribution >= 0.6 is 11.6 Å². The van der Waals surface area contributed by atoms with E-state index < -0.39 is 10.9 Å². The molecule has 0 bridgehead atoms. The Bertz CT molecular complexity index is 873. The summed E-state index contributed by atoms with van der Waals surface area (Å²) in [7, 11) is 1.25. The summed E-state index contributed by atoms with van der Waals surface area (Å²) < 4.78 is 15.4. The number of nitrogens with one attached hydrogen (secondary N) is 1. The summed E-state index contributed by atoms with van der Waals surface area (Å²) in [6.45, 7) is 1.84. The molecule has 148 valence electrons. The fourth-order valence-electron chi connectivity index (χ4n) is 1.99. The summed E-state index contributed by atoms with van der Waals surface area (Å²) in [5.41, 5.74) is 3.12. The molecule has 0 aliphatic rings. The van der Waals surface area contributed by atoms with Gasteiger partial charge in [-0.1, -0.05) is 11.6 Å². The molecular weight excluding hydrogens is 392 g/mol. The largest absolute Gasteiger partial charge is 0.490 e. The van der Waals surface area contributed by atoms with Crippen molar-refractivity contribution in [2.45, 2.75) is 6.92 Å². The molecule has 2 aromatic rings. The number of carbonyl (C=O) groups excluding carboxylic acids is 1. The number of aromatic nitrogens is 1. The van der Waals surface area contributed by atoms with E-state index in [0.29, 0.717) is 23.7 Å². The minimum absolute atomic E-state index is 0.120. The maximum absolute atomic E-state index is 11.3. The number of benzene rings is 1. The molecule has 0 aliphatic heterocycles. The van der Waals surface area contributed by atoms with Crippen LogP contribution in [0.15, 0.2) is 35.6 Å². The molecule has 1 heterocycles. The third kappa shape index (κ3) is 5.81. The van der Waals surface area contributed by atoms with Crippen LogP contribution < -0.4 is 14.9 Å². The Labute approximate surface area is 165 Å². The van der Waals surface area contributed by atoms with Crippen LogP contribution in [0.5, 0.6) is 11.5 Å². The highest BCUT2D eigenvalue weighted by atomic mass is 35.5. The highest BCUT2D eigenvalue weighted by Crippen LogP contribution is 2.36. The predicted octanol–water partition coefficient (Wildman–Crippen LogP) is 3.04. The van der Waals surface area contributed by atoms with Crippen molar-refractivity contribution in [2.75, 3.05) is 25.7 Å². The highest BCUT2D eigenvalue weighted by molar-refractivity contribution is 6.32. The molecule has 0 radical (unpaired) electrons. The second-order valence-electron chi connectivity index (χ2n) is 5.16. The van der Waals surface area contributed by atoms with E-state index in [4.69, 9.17) is 21.1 Å². The van der Waals surface area contributed by atoms with Crippen LogP contribution in [0.1, 0.15) is 12.5 Å². The first-order valence-corrected chi connectivity index (χ1v) is 8.37. The van der Waals surface area contributed by atoms with Crippen LogP contribution in [0.2, 0.25) is 5.02 Å². The van der Waals surface area contributed by atoms with Crippen molar-refractivity contribution >= 4 is 35.3 Å². The summed E-state index contributed by atoms with van der Waals surface area (Å²) in [5, 5.41) is 14.8. The number of esters is 1. The summed E-state index contributed by atoms with van der Waals surface area (Å²) in [6, 6.07) is 5.95. The smallest absolute Gasteiger partial charge is 0.343 e. The van der Waals surface area contributed by atoms with Gasteiger partial charge in [-0.2, -0.15) is 5.10 Å². The monoisotopic (exact) mass is 408 g/mol. The minimum atomic E-state index is -0.552. The van der Waals surface area contributed by atoms with Gasteiger partial charge in [-0.3, -0.25) is 15.5 Å². The first-order valence-electron chi connectivity index (χ1n) is 8.00. The van der Waals surface area contributed by atoms with Crippen molar-refractivity contribution in [3.05, 3.63) is 51.2 Å². The lowest BCUT2D eigenvalue weighted by atomic mass is 10.2. The molecule has 0 saturated heterocycles. The molecule has 0 spiro atoms. The number of hydrazone groups is 1. The Kier molecular flexibility index (Phi) is 7.52. The lowest BCUT2D eigenvalue weighted by Crippen LogP contribution is -2.13. The minimum Gasteiger partial charge on any atom is -0.490 e. The zero-order valence-electron chi connectivity index (χ0n) is 15.0. The van der Waals surface area contributed by atoms with Gasteiger partial charge in [0.15, 0.2) is 18.1 Å². The van der Waals surface area contributed by atoms with Gasteiger partial charge in [0, 0.05) is 6.07 Å². The zero-order valence-corrected chi connectivity index (χ0v) is 15.8. The molecule has 11 heteroatoms. The molecule has 1 aromatic carbocycles. The van der Waals surface area contributed by atoms with Gasteiger partial charge in [0.25, 0.3) is 5.69 Å². The summed E-state index contributed by atoms with van der Waals surface area (Å²) in [4.78, 5) is 25.2. The van der Waals surface area contributed by atoms with Crippen molar-refractivity contribution in [2.24, 2.45) is 5.10 Å². The van der Waals surface area contributed by atoms with Crippen LogP contribution in [0.25, 0.3) is 0 Å². The number of hydrogen-bond donors (Lipinski definition) is 1. The molecule has 0 saturated carbocycles. The van der Waals surface area contributed by atoms with Crippen molar-refractivity contribution in [1.29, 1.82) is 0 Å². The van der Waals surface area contributed by atoms with E-state index in [1.165, 1.54) is 25.5 Å². The Balaban J connectivity index is 2.12. The van der Waals surface area contributed by atoms with E-state index in [1.807, 2.05) is 0 Å². The molecule has 1 aromatic heterocycles. The molecular formula is C17H17ClN4O6. The van der Waals surface area contributed by atoms with Crippen molar-refractivity contribution in [1.82, 2.24) is 4.98 Å². The van der Waals surface area contributed by atoms with Crippen LogP contribution in [-0.4, -0.2) is 42.4 Å². The average Bonchev–Trinajstić information content (AvgIpc) is 2.67. The predicted molar refractivity (Wildman–Crippen MR) is 102 cm³/mol. The highest BCUT2D eigenvalue weighted by Gasteiger charge is 2.14. The number of methoxy groups -OCH3 is 1. The molecule has 2 rings (SSSR count). The van der Waals surface area contributed by atoms with Crippen molar-refractivity contribution in [3.63, 3.8) is 0 Å². The number of carbonyl (C=O) groups is 1. The van der Waals surface area contributed by atoms with E-state index in [0.717, 1.165) is 6.20 Å². The van der Waals surface area contributed by atoms with E-state index >= 15 is 0 Å². The van der Waals surface area contributed by atoms with Crippen LogP contribution in [0.3, 0.4) is 0 Å². The zero-order chi connectivity index (χ0) is 20.5. The SMILES string of the molecule is CCOc1cc(/C=N/Nc2ccc([N+](=O)[O-])cn2)cc(Cl)c1OCC(=O)OC. The van der Waals surface area contributed by atoms with Gasteiger partial charge in [0.1, 0.15) is 12.0 Å². The van der Waals surface area contributed by atoms with Gasteiger partial charge in [0.05, 0.1) is 29.9 Å². The molecule has 0 amide bonds. The Morgan fingerprint density at radius 1 is 1.39 bits per heavy atom. The normalized spacial score (nSPS) is 10.5. The summed E-state index contributed by atoms with van der Waals surface area (Å²) in [6.07, 6.45) is 2.58. The number of anilines is 1. The van der Waals surface area contributed by atoms with Gasteiger partial charge in [0.2, 0.25) is 0 Å². The number of hydrogen-bond acceptors (Lipinski definition) is 9. The second-order valence-corrected chi connectivity index (χ2v) is 5.56. The lowest BCUT2D eigenvalue weighted by Gasteiger charge is -2.13. The van der Waals surface area contributed by atoms with E-state index in [1.54, 1.807) is 19.1 Å². The Hall–Kier alpha value is -3.40. The number of pyridine rings is 1. The van der Waals surface area contributed by atoms with E-state index in [-0.39, 0.29) is 23.1 Å². The van der Waals surface area contributed by atoms with Gasteiger partial charge >= 0.3 is 5.97 Å². The average molecular weight is 409 g/mol. The standard InChI is InChI=1S/C17H17ClN4O6/c1-3-27-14-7-11(6-13(18)17(14)28-10-16(23)26-2)8-20-21-15-5-4-12(9-19-15)22(24)25/h4-9H,3,10H2,1-2H3,(H,19,21)/b20-8+. The summed E-state index contributed by atoms with van der Waals surface area (Å²) >= 11 is 6.22. The summed E-state index contributed by atoms with van der Waals surface area (Å²) in [5.74, 6) is 0.338. The topological polar surface area (TPSA) is 125 Å². The maximum atomic E-state index is 11.3. The van der Waals surface area contributed by atoms with Gasteiger partial charge in [-0.15, -0.1) is 0 Å². The first kappa shape index (κ1) is 20.9. The van der Waals surface area contributed by atoms with E-state index in [9.17, 15) is 14.9 Å². The number of nitrogens with zero attached hydrogens (tertiary/aromatic N) is 3. The third-order valence-electron chi connectivity index (χ3n) is 3.25. The van der Waals surface area contributed by atoms with Crippen LogP contribution in [0.4, 0.5) is 11.5 Å². The number of nitro groups is 1. The number of ether oxygens (including phenoxy) is 3. The molecule has 1 N–H and O–H groups in total. The second kappa shape index (κ2) is 10.1. The Morgan fingerprint density at radius 2 is 2.18 bits per heavy atom. The van der Waals surface area contributed by atoms with Crippen LogP contribution in [-0.2, 0) is 9.53 Å². The molecule has 0 fully saturated rings. The van der Waals surface area contributed by atoms with Gasteiger partial charge in [-0.05, 0) is 30.7 Å². The maximum Gasteiger partial charge on any atom is 0.343 e. The van der Waals surface area contributed by atoms with Crippen molar-refractivity contribution < 1.29 is 23.9 Å². The Morgan fingerprint density at radius 3 is 2.79 bits per heavy atom. The molecule has 0 atom stereocenters. The molecule has 0 unspecified atom stereocenters. The lowest BCUT2D eigenvalue weighted by molar-refractivity contribution is -0.385. The van der Waals surface area contributed by atoms with E-state index in [2.05, 4.69) is 20.2 Å².